The van der Waals surface area contributed by atoms with Crippen LogP contribution in [0.4, 0.5) is 0 Å². The molecule has 0 radical (unpaired) electrons. The molecule has 0 amide bonds. The first-order chi connectivity index (χ1) is 6.75. The minimum Gasteiger partial charge on any atom is -0.241 e. The van der Waals surface area contributed by atoms with Gasteiger partial charge in [0.1, 0.15) is 5.82 Å². The molecule has 0 N–H and O–H groups in total. The van der Waals surface area contributed by atoms with Crippen molar-refractivity contribution in [2.75, 3.05) is 0 Å². The SMILES string of the molecule is CC.Cc1ncc2cc(Cl)ccc2n1. The van der Waals surface area contributed by atoms with Gasteiger partial charge in [0.2, 0.25) is 0 Å². The van der Waals surface area contributed by atoms with Crippen LogP contribution in [0.5, 0.6) is 0 Å². The number of benzene rings is 1. The van der Waals surface area contributed by atoms with Gasteiger partial charge in [-0.2, -0.15) is 0 Å². The highest BCUT2D eigenvalue weighted by molar-refractivity contribution is 6.31. The second-order valence-electron chi connectivity index (χ2n) is 2.62. The number of hydrogen-bond acceptors (Lipinski definition) is 2. The molecule has 0 aliphatic carbocycles. The monoisotopic (exact) mass is 208 g/mol. The molecule has 0 fully saturated rings. The highest BCUT2D eigenvalue weighted by atomic mass is 35.5. The lowest BCUT2D eigenvalue weighted by Gasteiger charge is -1.97. The van der Waals surface area contributed by atoms with E-state index in [1.165, 1.54) is 0 Å². The summed E-state index contributed by atoms with van der Waals surface area (Å²) in [4.78, 5) is 8.33. The van der Waals surface area contributed by atoms with Crippen LogP contribution in [-0.4, -0.2) is 9.97 Å². The minimum absolute atomic E-state index is 0.718. The topological polar surface area (TPSA) is 25.8 Å². The van der Waals surface area contributed by atoms with E-state index in [9.17, 15) is 0 Å². The molecule has 3 heteroatoms. The maximum atomic E-state index is 5.80. The molecule has 2 nitrogen and oxygen atoms in total. The molecule has 0 atom stereocenters. The number of hydrogen-bond donors (Lipinski definition) is 0. The van der Waals surface area contributed by atoms with E-state index in [1.54, 1.807) is 6.20 Å². The largest absolute Gasteiger partial charge is 0.241 e. The Morgan fingerprint density at radius 3 is 2.64 bits per heavy atom. The molecular weight excluding hydrogens is 196 g/mol. The molecule has 2 rings (SSSR count). The smallest absolute Gasteiger partial charge is 0.125 e. The Kier molecular flexibility index (Phi) is 3.84. The molecule has 0 saturated carbocycles. The van der Waals surface area contributed by atoms with Crippen LogP contribution >= 0.6 is 11.6 Å². The highest BCUT2D eigenvalue weighted by Crippen LogP contribution is 2.16. The molecule has 1 aromatic carbocycles. The van der Waals surface area contributed by atoms with E-state index < -0.39 is 0 Å². The number of halogens is 1. The summed E-state index contributed by atoms with van der Waals surface area (Å²) in [5.41, 5.74) is 0.937. The highest BCUT2D eigenvalue weighted by Gasteiger charge is 1.96. The molecule has 0 spiro atoms. The van der Waals surface area contributed by atoms with Crippen molar-refractivity contribution in [3.8, 4) is 0 Å². The molecular formula is C11H13ClN2. The fourth-order valence-electron chi connectivity index (χ4n) is 1.10. The summed E-state index contributed by atoms with van der Waals surface area (Å²) in [6, 6.07) is 5.58. The van der Waals surface area contributed by atoms with Crippen molar-refractivity contribution in [3.05, 3.63) is 35.2 Å². The fraction of sp³-hybridized carbons (Fsp3) is 0.273. The van der Waals surface area contributed by atoms with E-state index in [4.69, 9.17) is 11.6 Å². The van der Waals surface area contributed by atoms with Crippen molar-refractivity contribution in [2.45, 2.75) is 20.8 Å². The summed E-state index contributed by atoms with van der Waals surface area (Å²) in [6.45, 7) is 5.87. The quantitative estimate of drug-likeness (QED) is 0.661. The number of aryl methyl sites for hydroxylation is 1. The number of fused-ring (bicyclic) bond motifs is 1. The predicted molar refractivity (Wildman–Crippen MR) is 60.6 cm³/mol. The zero-order valence-corrected chi connectivity index (χ0v) is 9.34. The van der Waals surface area contributed by atoms with E-state index in [-0.39, 0.29) is 0 Å². The molecule has 0 aliphatic rings. The Morgan fingerprint density at radius 1 is 1.21 bits per heavy atom. The van der Waals surface area contributed by atoms with Gasteiger partial charge in [-0.1, -0.05) is 25.4 Å². The zero-order chi connectivity index (χ0) is 10.6. The Bertz CT molecular complexity index is 385. The van der Waals surface area contributed by atoms with Crippen LogP contribution < -0.4 is 0 Å². The van der Waals surface area contributed by atoms with Crippen molar-refractivity contribution in [1.29, 1.82) is 0 Å². The van der Waals surface area contributed by atoms with Crippen LogP contribution in [-0.2, 0) is 0 Å². The van der Waals surface area contributed by atoms with Crippen molar-refractivity contribution >= 4 is 22.5 Å². The molecule has 0 saturated heterocycles. The van der Waals surface area contributed by atoms with Crippen LogP contribution in [0, 0.1) is 6.92 Å². The second-order valence-corrected chi connectivity index (χ2v) is 3.06. The first kappa shape index (κ1) is 10.9. The van der Waals surface area contributed by atoms with Gasteiger partial charge in [0.05, 0.1) is 5.52 Å². The Balaban J connectivity index is 0.000000461. The van der Waals surface area contributed by atoms with Gasteiger partial charge in [0.25, 0.3) is 0 Å². The lowest BCUT2D eigenvalue weighted by atomic mass is 10.2. The average Bonchev–Trinajstić information content (AvgIpc) is 2.21. The van der Waals surface area contributed by atoms with Gasteiger partial charge in [0.15, 0.2) is 0 Å². The lowest BCUT2D eigenvalue weighted by Crippen LogP contribution is -1.86. The fourth-order valence-corrected chi connectivity index (χ4v) is 1.28. The van der Waals surface area contributed by atoms with Crippen molar-refractivity contribution < 1.29 is 0 Å². The number of rotatable bonds is 0. The maximum absolute atomic E-state index is 5.80. The van der Waals surface area contributed by atoms with Crippen molar-refractivity contribution in [2.24, 2.45) is 0 Å². The summed E-state index contributed by atoms with van der Waals surface area (Å²) >= 11 is 5.80. The molecule has 0 bridgehead atoms. The third-order valence-corrected chi connectivity index (χ3v) is 1.90. The molecule has 14 heavy (non-hydrogen) atoms. The standard InChI is InChI=1S/C9H7ClN2.C2H6/c1-6-11-5-7-4-8(10)2-3-9(7)12-6;1-2/h2-5H,1H3;1-2H3. The maximum Gasteiger partial charge on any atom is 0.125 e. The zero-order valence-electron chi connectivity index (χ0n) is 8.58. The van der Waals surface area contributed by atoms with Gasteiger partial charge >= 0.3 is 0 Å². The van der Waals surface area contributed by atoms with Crippen LogP contribution in [0.25, 0.3) is 10.9 Å². The van der Waals surface area contributed by atoms with Crippen LogP contribution in [0.3, 0.4) is 0 Å². The van der Waals surface area contributed by atoms with Gasteiger partial charge in [-0.15, -0.1) is 0 Å². The summed E-state index contributed by atoms with van der Waals surface area (Å²) in [6.07, 6.45) is 1.78. The van der Waals surface area contributed by atoms with Crippen LogP contribution in [0.1, 0.15) is 19.7 Å². The van der Waals surface area contributed by atoms with E-state index >= 15 is 0 Å². The van der Waals surface area contributed by atoms with E-state index in [0.717, 1.165) is 21.7 Å². The molecule has 74 valence electrons. The first-order valence-corrected chi connectivity index (χ1v) is 5.02. The van der Waals surface area contributed by atoms with Crippen LogP contribution in [0.2, 0.25) is 5.02 Å². The van der Waals surface area contributed by atoms with Gasteiger partial charge < -0.3 is 0 Å². The lowest BCUT2D eigenvalue weighted by molar-refractivity contribution is 1.09. The molecule has 1 heterocycles. The normalized spacial score (nSPS) is 9.43. The summed E-state index contributed by atoms with van der Waals surface area (Å²) in [5.74, 6) is 0.782. The molecule has 1 aromatic heterocycles. The van der Waals surface area contributed by atoms with Crippen LogP contribution in [0.15, 0.2) is 24.4 Å². The third kappa shape index (κ3) is 2.42. The second kappa shape index (κ2) is 4.91. The summed E-state index contributed by atoms with van der Waals surface area (Å²) in [7, 11) is 0. The van der Waals surface area contributed by atoms with Gasteiger partial charge in [0, 0.05) is 16.6 Å². The Morgan fingerprint density at radius 2 is 1.93 bits per heavy atom. The summed E-state index contributed by atoms with van der Waals surface area (Å²) < 4.78 is 0. The first-order valence-electron chi connectivity index (χ1n) is 4.64. The molecule has 0 aliphatic heterocycles. The Labute approximate surface area is 89.0 Å². The average molecular weight is 209 g/mol. The van der Waals surface area contributed by atoms with Gasteiger partial charge in [-0.3, -0.25) is 0 Å². The third-order valence-electron chi connectivity index (χ3n) is 1.66. The summed E-state index contributed by atoms with van der Waals surface area (Å²) in [5, 5.41) is 1.70. The van der Waals surface area contributed by atoms with Crippen molar-refractivity contribution in [1.82, 2.24) is 9.97 Å². The number of aromatic nitrogens is 2. The van der Waals surface area contributed by atoms with Gasteiger partial charge in [-0.25, -0.2) is 9.97 Å². The van der Waals surface area contributed by atoms with E-state index in [0.29, 0.717) is 0 Å². The van der Waals surface area contributed by atoms with Gasteiger partial charge in [-0.05, 0) is 25.1 Å². The molecule has 2 aromatic rings. The van der Waals surface area contributed by atoms with E-state index in [2.05, 4.69) is 9.97 Å². The van der Waals surface area contributed by atoms with Crippen molar-refractivity contribution in [3.63, 3.8) is 0 Å². The Hall–Kier alpha value is -1.15. The number of nitrogens with zero attached hydrogens (tertiary/aromatic N) is 2. The van der Waals surface area contributed by atoms with E-state index in [1.807, 2.05) is 39.0 Å². The predicted octanol–water partition coefficient (Wildman–Crippen LogP) is 3.62. The minimum atomic E-state index is 0.718. The molecule has 0 unspecified atom stereocenters.